The number of benzene rings is 6. The van der Waals surface area contributed by atoms with Gasteiger partial charge in [0.1, 0.15) is 5.82 Å². The van der Waals surface area contributed by atoms with E-state index in [-0.39, 0.29) is 25.9 Å². The Morgan fingerprint density at radius 1 is 0.815 bits per heavy atom. The molecular weight excluding hydrogens is 922 g/mol. The molecule has 9 aromatic rings. The summed E-state index contributed by atoms with van der Waals surface area (Å²) in [7, 11) is 0. The van der Waals surface area contributed by atoms with E-state index in [1.807, 2.05) is 62.5 Å². The zero-order valence-corrected chi connectivity index (χ0v) is 36.2. The van der Waals surface area contributed by atoms with Crippen LogP contribution in [0.25, 0.3) is 64.6 Å². The van der Waals surface area contributed by atoms with Crippen molar-refractivity contribution in [2.45, 2.75) is 43.6 Å². The molecule has 0 unspecified atom stereocenters. The van der Waals surface area contributed by atoms with Crippen molar-refractivity contribution in [1.82, 2.24) is 14.5 Å². The van der Waals surface area contributed by atoms with Crippen LogP contribution in [0.15, 0.2) is 134 Å². The normalized spacial score (nSPS) is 12.1. The number of hydrogen-bond acceptors (Lipinski definition) is 3. The molecule has 54 heavy (non-hydrogen) atoms. The van der Waals surface area contributed by atoms with Crippen LogP contribution in [-0.2, 0) is 26.7 Å². The van der Waals surface area contributed by atoms with Crippen LogP contribution in [0.4, 0.5) is 4.39 Å². The van der Waals surface area contributed by atoms with Crippen LogP contribution < -0.4 is 4.40 Å². The molecule has 0 saturated heterocycles. The molecule has 0 N–H and O–H groups in total. The van der Waals surface area contributed by atoms with Crippen LogP contribution in [0.2, 0.25) is 17.3 Å². The summed E-state index contributed by atoms with van der Waals surface area (Å²) in [5.74, 6) is 7.11. The maximum Gasteiger partial charge on any atom is 0 e. The third kappa shape index (κ3) is 7.45. The molecule has 3 aromatic heterocycles. The first-order valence-electron chi connectivity index (χ1n) is 18.4. The second kappa shape index (κ2) is 15.7. The van der Waals surface area contributed by atoms with E-state index in [2.05, 4.69) is 112 Å². The smallest absolute Gasteiger partial charge is 0 e. The first kappa shape index (κ1) is 36.5. The Morgan fingerprint density at radius 2 is 1.59 bits per heavy atom. The summed E-state index contributed by atoms with van der Waals surface area (Å²) in [6.07, 6.45) is 2.00. The van der Waals surface area contributed by atoms with Gasteiger partial charge in [0.05, 0.1) is 16.9 Å². The molecule has 3 nitrogen and oxygen atoms in total. The monoisotopic (exact) mass is 965 g/mol. The summed E-state index contributed by atoms with van der Waals surface area (Å²) < 4.78 is 28.0. The van der Waals surface area contributed by atoms with Gasteiger partial charge in [0.25, 0.3) is 0 Å². The third-order valence-corrected chi connectivity index (χ3v) is 15.1. The molecule has 271 valence electrons. The summed E-state index contributed by atoms with van der Waals surface area (Å²) in [6, 6.07) is 48.8. The van der Waals surface area contributed by atoms with Gasteiger partial charge < -0.3 is 4.57 Å². The molecule has 6 aromatic carbocycles. The summed E-state index contributed by atoms with van der Waals surface area (Å²) in [6.45, 7) is 4.62. The van der Waals surface area contributed by atoms with E-state index >= 15 is 0 Å². The molecule has 0 atom stereocenters. The Labute approximate surface area is 338 Å². The minimum Gasteiger partial charge on any atom is 0 e. The first-order chi connectivity index (χ1) is 26.0. The Balaban J connectivity index is 0.000000191. The second-order valence-electron chi connectivity index (χ2n) is 14.6. The van der Waals surface area contributed by atoms with Crippen molar-refractivity contribution in [2.75, 3.05) is 0 Å². The molecule has 0 amide bonds. The fourth-order valence-electron chi connectivity index (χ4n) is 7.02. The molecule has 0 aliphatic rings. The SMILES string of the molecule is Fc1ccc2c(c1)sc1c(-c3nc4c5ccccc5ccc4n3Cc3ccccc3)[c-]ccc12.[2H]C(C)(C)c1cc(-c2[c-]cccc2)nc[c]1[Ge]([CH3])([CH3])[CH3].[Ir]. The van der Waals surface area contributed by atoms with E-state index in [1.165, 1.54) is 21.4 Å². The topological polar surface area (TPSA) is 30.7 Å². The van der Waals surface area contributed by atoms with Crippen LogP contribution >= 0.6 is 11.3 Å². The number of imidazole rings is 1. The molecule has 7 heteroatoms. The predicted molar refractivity (Wildman–Crippen MR) is 225 cm³/mol. The van der Waals surface area contributed by atoms with Crippen molar-refractivity contribution in [1.29, 1.82) is 0 Å². The van der Waals surface area contributed by atoms with Crippen molar-refractivity contribution < 1.29 is 25.9 Å². The Morgan fingerprint density at radius 3 is 2.35 bits per heavy atom. The summed E-state index contributed by atoms with van der Waals surface area (Å²) in [5, 5.41) is 4.48. The van der Waals surface area contributed by atoms with E-state index in [9.17, 15) is 4.39 Å². The average molecular weight is 964 g/mol. The predicted octanol–water partition coefficient (Wildman–Crippen LogP) is 12.4. The number of pyridine rings is 1. The minimum atomic E-state index is -2.03. The van der Waals surface area contributed by atoms with E-state index in [4.69, 9.17) is 6.35 Å². The van der Waals surface area contributed by atoms with Crippen molar-refractivity contribution in [3.05, 3.63) is 163 Å². The van der Waals surface area contributed by atoms with E-state index in [1.54, 1.807) is 17.4 Å². The molecule has 0 aliphatic heterocycles. The van der Waals surface area contributed by atoms with Crippen molar-refractivity contribution in [3.63, 3.8) is 0 Å². The number of fused-ring (bicyclic) bond motifs is 6. The zero-order valence-electron chi connectivity index (χ0n) is 31.9. The van der Waals surface area contributed by atoms with Gasteiger partial charge in [-0.1, -0.05) is 77.7 Å². The minimum absolute atomic E-state index is 0. The Hall–Kier alpha value is -4.46. The summed E-state index contributed by atoms with van der Waals surface area (Å²) in [5.41, 5.74) is 7.27. The van der Waals surface area contributed by atoms with Crippen LogP contribution in [0.5, 0.6) is 0 Å². The molecule has 0 spiro atoms. The number of hydrogen-bond donors (Lipinski definition) is 0. The Bertz CT molecular complexity index is 2790. The Kier molecular flexibility index (Phi) is 10.6. The molecule has 0 saturated carbocycles. The first-order valence-corrected chi connectivity index (χ1v) is 26.0. The van der Waals surface area contributed by atoms with Gasteiger partial charge in [0.2, 0.25) is 0 Å². The average Bonchev–Trinajstić information content (AvgIpc) is 3.73. The van der Waals surface area contributed by atoms with Crippen LogP contribution in [-0.4, -0.2) is 27.8 Å². The maximum absolute atomic E-state index is 14.0. The molecule has 3 heterocycles. The van der Waals surface area contributed by atoms with Gasteiger partial charge in [-0.15, -0.1) is 18.2 Å². The molecule has 0 fully saturated rings. The van der Waals surface area contributed by atoms with Crippen molar-refractivity contribution in [2.24, 2.45) is 0 Å². The number of aromatic nitrogens is 3. The number of halogens is 1. The molecule has 0 bridgehead atoms. The van der Waals surface area contributed by atoms with Crippen LogP contribution in [0.3, 0.4) is 0 Å². The zero-order chi connectivity index (χ0) is 37.6. The third-order valence-electron chi connectivity index (χ3n) is 9.68. The van der Waals surface area contributed by atoms with Gasteiger partial charge in [-0.25, -0.2) is 4.39 Å². The largest absolute Gasteiger partial charge is 0 e. The molecule has 0 aliphatic carbocycles. The van der Waals surface area contributed by atoms with Gasteiger partial charge >= 0.3 is 120 Å². The number of rotatable bonds is 6. The van der Waals surface area contributed by atoms with Crippen LogP contribution in [0, 0.1) is 17.9 Å². The van der Waals surface area contributed by atoms with E-state index in [0.717, 1.165) is 64.8 Å². The second-order valence-corrected chi connectivity index (χ2v) is 26.3. The van der Waals surface area contributed by atoms with Crippen molar-refractivity contribution in [3.8, 4) is 22.6 Å². The molecule has 1 radical (unpaired) electrons. The van der Waals surface area contributed by atoms with Gasteiger partial charge in [-0.05, 0) is 39.2 Å². The number of nitrogens with zero attached hydrogens (tertiary/aromatic N) is 3. The summed E-state index contributed by atoms with van der Waals surface area (Å²) >= 11 is -0.424. The summed E-state index contributed by atoms with van der Waals surface area (Å²) in [4.78, 5) is 9.83. The van der Waals surface area contributed by atoms with Gasteiger partial charge in [-0.2, -0.15) is 11.3 Å². The van der Waals surface area contributed by atoms with Gasteiger partial charge in [0, 0.05) is 36.7 Å². The van der Waals surface area contributed by atoms with E-state index in [0.29, 0.717) is 6.54 Å². The van der Waals surface area contributed by atoms with E-state index < -0.39 is 19.2 Å². The van der Waals surface area contributed by atoms with Gasteiger partial charge in [0.15, 0.2) is 0 Å². The fourth-order valence-corrected chi connectivity index (χ4v) is 11.6. The molecule has 9 rings (SSSR count). The van der Waals surface area contributed by atoms with Crippen LogP contribution in [0.1, 0.15) is 32.2 Å². The van der Waals surface area contributed by atoms with Crippen molar-refractivity contribution >= 4 is 71.0 Å². The standard InChI is InChI=1S/C30H18FN2S.C17H22GeN.Ir/c31-21-14-15-23-24-11-6-12-25(29(24)34-27(23)17-21)30-32-28-22-10-5-4-9-20(22)13-16-26(28)33(30)18-19-7-2-1-3-8-19;1-13(2)15-11-17(14-9-7-6-8-10-14)19-12-16(15)18(3,4)5;/h1-11,13-17H,18H2;6-9,11-13H,1-5H3;/q2*-1;/i;13D;. The quantitative estimate of drug-likeness (QED) is 0.123. The molecular formula is C47H40FGeIrN3S-2. The number of thiophene rings is 1. The van der Waals surface area contributed by atoms with Gasteiger partial charge in [-0.3, -0.25) is 4.98 Å². The fraction of sp³-hybridized carbons (Fsp3) is 0.149. The maximum atomic E-state index is 14.0.